The van der Waals surface area contributed by atoms with Crippen molar-refractivity contribution in [2.24, 2.45) is 0 Å². The molecule has 3 aromatic heterocycles. The molecule has 0 radical (unpaired) electrons. The lowest BCUT2D eigenvalue weighted by atomic mass is 10.1. The highest BCUT2D eigenvalue weighted by molar-refractivity contribution is 8.09. The number of thiophene rings is 3. The van der Waals surface area contributed by atoms with Crippen LogP contribution in [0.2, 0.25) is 0 Å². The smallest absolute Gasteiger partial charge is 0.181 e. The molecule has 7 aliphatic heterocycles. The molecule has 0 fully saturated rings. The van der Waals surface area contributed by atoms with Gasteiger partial charge in [-0.1, -0.05) is 0 Å². The minimum atomic E-state index is 0.163. The van der Waals surface area contributed by atoms with Gasteiger partial charge in [0, 0.05) is 10.5 Å². The molecule has 0 bridgehead atoms. The maximum Gasteiger partial charge on any atom is 0.181 e. The Labute approximate surface area is 289 Å². The summed E-state index contributed by atoms with van der Waals surface area (Å²) in [5, 5.41) is 0.442. The van der Waals surface area contributed by atoms with Crippen LogP contribution >= 0.6 is 57.5 Å². The molecule has 0 saturated heterocycles. The second kappa shape index (κ2) is 11.4. The second-order valence-corrected chi connectivity index (χ2v) is 17.5. The summed E-state index contributed by atoms with van der Waals surface area (Å²) in [6.07, 6.45) is 2.04. The summed E-state index contributed by atoms with van der Waals surface area (Å²) in [5.41, 5.74) is 1.31. The fourth-order valence-corrected chi connectivity index (χ4v) is 13.4. The number of ether oxygens (including phenoxy) is 9. The van der Waals surface area contributed by atoms with Gasteiger partial charge < -0.3 is 42.6 Å². The van der Waals surface area contributed by atoms with E-state index in [1.54, 1.807) is 45.8 Å². The summed E-state index contributed by atoms with van der Waals surface area (Å²) in [5.74, 6) is 7.41. The van der Waals surface area contributed by atoms with Crippen molar-refractivity contribution < 1.29 is 42.6 Å². The van der Waals surface area contributed by atoms with Crippen molar-refractivity contribution in [3.8, 4) is 34.5 Å². The van der Waals surface area contributed by atoms with Crippen LogP contribution in [-0.4, -0.2) is 70.0 Å². The molecule has 0 amide bonds. The summed E-state index contributed by atoms with van der Waals surface area (Å²) in [6.45, 7) is 9.17. The lowest BCUT2D eigenvalue weighted by molar-refractivity contribution is 0.0714. The first-order valence-corrected chi connectivity index (χ1v) is 20.1. The van der Waals surface area contributed by atoms with E-state index >= 15 is 0 Å². The molecule has 14 heteroatoms. The van der Waals surface area contributed by atoms with Gasteiger partial charge in [-0.15, -0.1) is 57.5 Å². The molecular formula is C33H30O9S5. The van der Waals surface area contributed by atoms with Gasteiger partial charge >= 0.3 is 0 Å². The molecule has 47 heavy (non-hydrogen) atoms. The molecule has 7 aliphatic rings. The summed E-state index contributed by atoms with van der Waals surface area (Å²) >= 11 is 8.61. The summed E-state index contributed by atoms with van der Waals surface area (Å²) in [7, 11) is 0. The second-order valence-electron chi connectivity index (χ2n) is 11.7. The average Bonchev–Trinajstić information content (AvgIpc) is 3.92. The third-order valence-electron chi connectivity index (χ3n) is 8.77. The normalized spacial score (nSPS) is 28.0. The van der Waals surface area contributed by atoms with Gasteiger partial charge in [-0.3, -0.25) is 0 Å². The van der Waals surface area contributed by atoms with Crippen LogP contribution in [0.5, 0.6) is 34.5 Å². The first-order valence-electron chi connectivity index (χ1n) is 15.9. The minimum absolute atomic E-state index is 0.163. The zero-order valence-corrected chi connectivity index (χ0v) is 29.7. The molecule has 3 aromatic rings. The summed E-state index contributed by atoms with van der Waals surface area (Å²) < 4.78 is 62.6. The number of hydrogen-bond donors (Lipinski definition) is 0. The van der Waals surface area contributed by atoms with E-state index in [0.29, 0.717) is 52.9 Å². The Morgan fingerprint density at radius 1 is 0.426 bits per heavy atom. The van der Waals surface area contributed by atoms with E-state index in [1.807, 2.05) is 11.8 Å². The van der Waals surface area contributed by atoms with E-state index in [1.165, 1.54) is 10.5 Å². The van der Waals surface area contributed by atoms with Gasteiger partial charge in [0.25, 0.3) is 0 Å². The lowest BCUT2D eigenvalue weighted by Gasteiger charge is -2.18. The summed E-state index contributed by atoms with van der Waals surface area (Å²) in [4.78, 5) is 2.29. The Bertz CT molecular complexity index is 2070. The predicted molar refractivity (Wildman–Crippen MR) is 183 cm³/mol. The summed E-state index contributed by atoms with van der Waals surface area (Å²) in [6, 6.07) is 0. The largest absolute Gasteiger partial charge is 0.496 e. The first kappa shape index (κ1) is 29.2. The Morgan fingerprint density at radius 3 is 1.40 bits per heavy atom. The van der Waals surface area contributed by atoms with E-state index in [9.17, 15) is 0 Å². The highest BCUT2D eigenvalue weighted by Crippen LogP contribution is 2.51. The van der Waals surface area contributed by atoms with Crippen LogP contribution in [-0.2, 0) is 14.2 Å². The quantitative estimate of drug-likeness (QED) is 0.292. The van der Waals surface area contributed by atoms with E-state index in [4.69, 9.17) is 42.6 Å². The highest BCUT2D eigenvalue weighted by Gasteiger charge is 2.37. The molecule has 2 unspecified atom stereocenters. The third kappa shape index (κ3) is 4.47. The molecule has 9 nitrogen and oxygen atoms in total. The molecular weight excluding hydrogens is 701 g/mol. The fraction of sp³-hybridized carbons (Fsp3) is 0.455. The zero-order chi connectivity index (χ0) is 31.2. The number of rotatable bonds is 0. The molecule has 246 valence electrons. The van der Waals surface area contributed by atoms with Crippen molar-refractivity contribution in [1.29, 1.82) is 0 Å². The van der Waals surface area contributed by atoms with Crippen LogP contribution in [0.25, 0.3) is 9.81 Å². The van der Waals surface area contributed by atoms with Gasteiger partial charge in [-0.2, -0.15) is 0 Å². The average molecular weight is 731 g/mol. The van der Waals surface area contributed by atoms with E-state index in [0.717, 1.165) is 103 Å². The Kier molecular flexibility index (Phi) is 7.07. The van der Waals surface area contributed by atoms with Crippen molar-refractivity contribution >= 4 is 67.3 Å². The van der Waals surface area contributed by atoms with Crippen molar-refractivity contribution in [2.45, 2.75) is 37.2 Å². The van der Waals surface area contributed by atoms with Crippen LogP contribution in [0.1, 0.15) is 26.7 Å². The van der Waals surface area contributed by atoms with E-state index < -0.39 is 0 Å². The van der Waals surface area contributed by atoms with Crippen molar-refractivity contribution in [3.63, 3.8) is 0 Å². The van der Waals surface area contributed by atoms with Crippen molar-refractivity contribution in [2.75, 3.05) is 59.5 Å². The molecule has 10 rings (SSSR count). The SMILES string of the molecule is CC1S/C(=c2/s/c(=c3/s/c(=c4/s/c(=C5/SC(C)C6=C5OCCO6)c5c4OCCO5)c4c3OCCO4)c3c2OCCO3)C2=C1OCCC2. The first-order chi connectivity index (χ1) is 23.2. The third-order valence-corrected chi connectivity index (χ3v) is 15.3. The Hall–Kier alpha value is -2.78. The maximum atomic E-state index is 6.41. The molecule has 2 atom stereocenters. The Balaban J connectivity index is 1.30. The fourth-order valence-electron chi connectivity index (χ4n) is 6.82. The van der Waals surface area contributed by atoms with Gasteiger partial charge in [-0.25, -0.2) is 0 Å². The highest BCUT2D eigenvalue weighted by atomic mass is 32.2. The number of thioether (sulfide) groups is 2. The molecule has 0 N–H and O–H groups in total. The molecule has 10 heterocycles. The van der Waals surface area contributed by atoms with Gasteiger partial charge in [0.15, 0.2) is 46.0 Å². The lowest BCUT2D eigenvalue weighted by Crippen LogP contribution is -2.19. The van der Waals surface area contributed by atoms with Crippen LogP contribution in [0, 0.1) is 18.1 Å². The zero-order valence-electron chi connectivity index (χ0n) is 25.6. The number of fused-ring (bicyclic) bond motifs is 3. The van der Waals surface area contributed by atoms with E-state index in [2.05, 4.69) is 13.8 Å². The monoisotopic (exact) mass is 730 g/mol. The maximum absolute atomic E-state index is 6.41. The van der Waals surface area contributed by atoms with Gasteiger partial charge in [0.1, 0.15) is 58.6 Å². The molecule has 0 saturated carbocycles. The molecule has 0 aromatic carbocycles. The predicted octanol–water partition coefficient (Wildman–Crippen LogP) is 5.57. The van der Waals surface area contributed by atoms with Crippen LogP contribution in [0.4, 0.5) is 0 Å². The topological polar surface area (TPSA) is 83.1 Å². The van der Waals surface area contributed by atoms with Crippen LogP contribution < -0.4 is 37.5 Å². The molecule has 0 aliphatic carbocycles. The van der Waals surface area contributed by atoms with E-state index in [-0.39, 0.29) is 10.5 Å². The van der Waals surface area contributed by atoms with Gasteiger partial charge in [0.05, 0.1) is 49.2 Å². The van der Waals surface area contributed by atoms with Crippen LogP contribution in [0.3, 0.4) is 0 Å². The standard InChI is InChI=1S/C33H30O9S5/c1-14-17-16(4-3-5-34-17)26(43-14)27-20-21(38-9-8-37-20)30(45-27)31-24-25(42-13-12-41-24)33(47-31)32-23-22(39-10-11-40-23)29(46-32)28-19-18(15(2)44-28)35-6-7-36-19/h14-15H,3-13H2,1-2H3/b27-26+,29-28+,31-30+,33-32+. The molecule has 0 spiro atoms. The van der Waals surface area contributed by atoms with Crippen molar-refractivity contribution in [1.82, 2.24) is 0 Å². The van der Waals surface area contributed by atoms with Crippen molar-refractivity contribution in [3.05, 3.63) is 50.0 Å². The number of hydrogen-bond acceptors (Lipinski definition) is 14. The Morgan fingerprint density at radius 2 is 0.830 bits per heavy atom. The van der Waals surface area contributed by atoms with Gasteiger partial charge in [0.2, 0.25) is 0 Å². The van der Waals surface area contributed by atoms with Gasteiger partial charge in [-0.05, 0) is 26.7 Å². The minimum Gasteiger partial charge on any atom is -0.496 e. The van der Waals surface area contributed by atoms with Crippen LogP contribution in [0.15, 0.2) is 22.9 Å².